The van der Waals surface area contributed by atoms with E-state index in [-0.39, 0.29) is 4.90 Å². The van der Waals surface area contributed by atoms with Crippen LogP contribution in [-0.4, -0.2) is 27.4 Å². The van der Waals surface area contributed by atoms with E-state index in [4.69, 9.17) is 0 Å². The molecule has 0 unspecified atom stereocenters. The fourth-order valence-electron chi connectivity index (χ4n) is 3.15. The summed E-state index contributed by atoms with van der Waals surface area (Å²) < 4.78 is 26.9. The van der Waals surface area contributed by atoms with Crippen molar-refractivity contribution >= 4 is 21.6 Å². The molecule has 6 heteroatoms. The van der Waals surface area contributed by atoms with E-state index in [0.29, 0.717) is 11.0 Å². The number of nitrogens with zero attached hydrogens (tertiary/aromatic N) is 1. The number of rotatable bonds is 4. The van der Waals surface area contributed by atoms with Crippen molar-refractivity contribution in [1.82, 2.24) is 4.72 Å². The second kappa shape index (κ2) is 7.35. The van der Waals surface area contributed by atoms with Gasteiger partial charge in [0.15, 0.2) is 0 Å². The van der Waals surface area contributed by atoms with E-state index in [0.717, 1.165) is 37.2 Å². The molecule has 0 spiro atoms. The summed E-state index contributed by atoms with van der Waals surface area (Å²) in [5, 5.41) is 0. The first kappa shape index (κ1) is 19.4. The molecule has 2 aromatic carbocycles. The van der Waals surface area contributed by atoms with Crippen LogP contribution in [0, 0.1) is 12.3 Å². The molecule has 1 aliphatic rings. The van der Waals surface area contributed by atoms with E-state index in [2.05, 4.69) is 23.5 Å². The Morgan fingerprint density at radius 3 is 2.07 bits per heavy atom. The fourth-order valence-corrected chi connectivity index (χ4v) is 4.13. The number of hydrogen-bond donors (Lipinski definition) is 1. The molecule has 0 aliphatic carbocycles. The van der Waals surface area contributed by atoms with Crippen LogP contribution in [0.5, 0.6) is 0 Å². The van der Waals surface area contributed by atoms with Crippen molar-refractivity contribution < 1.29 is 13.2 Å². The van der Waals surface area contributed by atoms with Crippen molar-refractivity contribution in [2.45, 2.75) is 38.5 Å². The first-order valence-electron chi connectivity index (χ1n) is 9.15. The summed E-state index contributed by atoms with van der Waals surface area (Å²) in [4.78, 5) is 14.7. The van der Waals surface area contributed by atoms with Crippen LogP contribution in [0.25, 0.3) is 0 Å². The number of anilines is 1. The third-order valence-corrected chi connectivity index (χ3v) is 6.52. The highest BCUT2D eigenvalue weighted by Gasteiger charge is 2.25. The predicted molar refractivity (Wildman–Crippen MR) is 108 cm³/mol. The molecule has 5 nitrogen and oxygen atoms in total. The molecule has 0 bridgehead atoms. The molecule has 1 fully saturated rings. The molecule has 2 aromatic rings. The van der Waals surface area contributed by atoms with Gasteiger partial charge in [-0.3, -0.25) is 4.79 Å². The normalized spacial score (nSPS) is 16.8. The molecular weight excluding hydrogens is 360 g/mol. The number of benzene rings is 2. The monoisotopic (exact) mass is 386 g/mol. The van der Waals surface area contributed by atoms with E-state index in [1.807, 2.05) is 19.1 Å². The molecule has 1 aliphatic heterocycles. The Bertz CT molecular complexity index is 907. The van der Waals surface area contributed by atoms with E-state index in [1.54, 1.807) is 24.3 Å². The van der Waals surface area contributed by atoms with Gasteiger partial charge in [0.1, 0.15) is 0 Å². The van der Waals surface area contributed by atoms with Gasteiger partial charge in [-0.2, -0.15) is 0 Å². The standard InChI is InChI=1S/C21H26N2O3S/c1-16-4-10-19(11-5-16)27(25,26)22-20(24)17-6-8-18(9-7-17)23-14-12-21(2,3)13-15-23/h4-11H,12-15H2,1-3H3,(H,22,24). The van der Waals surface area contributed by atoms with Gasteiger partial charge in [-0.25, -0.2) is 13.1 Å². The summed E-state index contributed by atoms with van der Waals surface area (Å²) in [5.74, 6) is -0.623. The van der Waals surface area contributed by atoms with Gasteiger partial charge >= 0.3 is 0 Å². The number of carbonyl (C=O) groups is 1. The SMILES string of the molecule is Cc1ccc(S(=O)(=O)NC(=O)c2ccc(N3CCC(C)(C)CC3)cc2)cc1. The number of piperidine rings is 1. The Hall–Kier alpha value is -2.34. The van der Waals surface area contributed by atoms with Crippen LogP contribution in [0.15, 0.2) is 53.4 Å². The van der Waals surface area contributed by atoms with Crippen molar-refractivity contribution in [3.8, 4) is 0 Å². The number of sulfonamides is 1. The maximum atomic E-state index is 12.4. The molecule has 1 N–H and O–H groups in total. The molecule has 1 saturated heterocycles. The Labute approximate surface area is 161 Å². The quantitative estimate of drug-likeness (QED) is 0.869. The second-order valence-corrected chi connectivity index (χ2v) is 9.63. The van der Waals surface area contributed by atoms with Crippen molar-refractivity contribution in [2.24, 2.45) is 5.41 Å². The molecular formula is C21H26N2O3S. The lowest BCUT2D eigenvalue weighted by molar-refractivity contribution is 0.0981. The van der Waals surface area contributed by atoms with Crippen molar-refractivity contribution in [3.63, 3.8) is 0 Å². The zero-order valence-corrected chi connectivity index (χ0v) is 16.8. The summed E-state index contributed by atoms with van der Waals surface area (Å²) in [6.45, 7) is 8.42. The Morgan fingerprint density at radius 2 is 1.52 bits per heavy atom. The number of aryl methyl sites for hydroxylation is 1. The Kier molecular flexibility index (Phi) is 5.29. The number of amides is 1. The summed E-state index contributed by atoms with van der Waals surface area (Å²) in [6, 6.07) is 13.5. The molecule has 1 amide bonds. The lowest BCUT2D eigenvalue weighted by Crippen LogP contribution is -2.37. The van der Waals surface area contributed by atoms with E-state index >= 15 is 0 Å². The van der Waals surface area contributed by atoms with Gasteiger partial charge in [0.2, 0.25) is 0 Å². The zero-order valence-electron chi connectivity index (χ0n) is 16.0. The van der Waals surface area contributed by atoms with Crippen LogP contribution >= 0.6 is 0 Å². The third-order valence-electron chi connectivity index (χ3n) is 5.17. The molecule has 0 saturated carbocycles. The summed E-state index contributed by atoms with van der Waals surface area (Å²) >= 11 is 0. The zero-order chi connectivity index (χ0) is 19.7. The summed E-state index contributed by atoms with van der Waals surface area (Å²) in [5.41, 5.74) is 2.72. The minimum Gasteiger partial charge on any atom is -0.371 e. The molecule has 3 rings (SSSR count). The average molecular weight is 387 g/mol. The largest absolute Gasteiger partial charge is 0.371 e. The van der Waals surface area contributed by atoms with Crippen molar-refractivity contribution in [1.29, 1.82) is 0 Å². The molecule has 0 atom stereocenters. The summed E-state index contributed by atoms with van der Waals surface area (Å²) in [6.07, 6.45) is 2.26. The van der Waals surface area contributed by atoms with Gasteiger partial charge in [-0.1, -0.05) is 31.5 Å². The lowest BCUT2D eigenvalue weighted by Gasteiger charge is -2.38. The van der Waals surface area contributed by atoms with Gasteiger partial charge in [-0.05, 0) is 61.6 Å². The van der Waals surface area contributed by atoms with Crippen molar-refractivity contribution in [2.75, 3.05) is 18.0 Å². The highest BCUT2D eigenvalue weighted by molar-refractivity contribution is 7.90. The lowest BCUT2D eigenvalue weighted by atomic mass is 9.82. The van der Waals surface area contributed by atoms with E-state index < -0.39 is 15.9 Å². The fraction of sp³-hybridized carbons (Fsp3) is 0.381. The van der Waals surface area contributed by atoms with Gasteiger partial charge < -0.3 is 4.90 Å². The minimum absolute atomic E-state index is 0.0778. The first-order valence-corrected chi connectivity index (χ1v) is 10.6. The molecule has 0 aromatic heterocycles. The molecule has 1 heterocycles. The maximum Gasteiger partial charge on any atom is 0.264 e. The van der Waals surface area contributed by atoms with Crippen LogP contribution in [0.1, 0.15) is 42.6 Å². The highest BCUT2D eigenvalue weighted by Crippen LogP contribution is 2.32. The second-order valence-electron chi connectivity index (χ2n) is 7.95. The average Bonchev–Trinajstić information content (AvgIpc) is 2.62. The molecule has 144 valence electrons. The Balaban J connectivity index is 1.68. The third kappa shape index (κ3) is 4.69. The van der Waals surface area contributed by atoms with Crippen molar-refractivity contribution in [3.05, 3.63) is 59.7 Å². The van der Waals surface area contributed by atoms with Gasteiger partial charge in [-0.15, -0.1) is 0 Å². The molecule has 27 heavy (non-hydrogen) atoms. The maximum absolute atomic E-state index is 12.4. The number of nitrogens with one attached hydrogen (secondary N) is 1. The highest BCUT2D eigenvalue weighted by atomic mass is 32.2. The topological polar surface area (TPSA) is 66.5 Å². The minimum atomic E-state index is -3.88. The van der Waals surface area contributed by atoms with Crippen LogP contribution < -0.4 is 9.62 Å². The van der Waals surface area contributed by atoms with Gasteiger partial charge in [0, 0.05) is 24.3 Å². The summed E-state index contributed by atoms with van der Waals surface area (Å²) in [7, 11) is -3.88. The van der Waals surface area contributed by atoms with Gasteiger partial charge in [0.25, 0.3) is 15.9 Å². The van der Waals surface area contributed by atoms with E-state index in [1.165, 1.54) is 12.1 Å². The van der Waals surface area contributed by atoms with Crippen LogP contribution in [0.4, 0.5) is 5.69 Å². The first-order chi connectivity index (χ1) is 12.7. The van der Waals surface area contributed by atoms with E-state index in [9.17, 15) is 13.2 Å². The Morgan fingerprint density at radius 1 is 0.963 bits per heavy atom. The van der Waals surface area contributed by atoms with Gasteiger partial charge in [0.05, 0.1) is 4.90 Å². The van der Waals surface area contributed by atoms with Crippen LogP contribution in [-0.2, 0) is 10.0 Å². The number of hydrogen-bond acceptors (Lipinski definition) is 4. The van der Waals surface area contributed by atoms with Crippen LogP contribution in [0.3, 0.4) is 0 Å². The number of carbonyl (C=O) groups excluding carboxylic acids is 1. The predicted octanol–water partition coefficient (Wildman–Crippen LogP) is 3.74. The smallest absolute Gasteiger partial charge is 0.264 e. The molecule has 0 radical (unpaired) electrons. The van der Waals surface area contributed by atoms with Crippen LogP contribution in [0.2, 0.25) is 0 Å².